The highest BCUT2D eigenvalue weighted by Gasteiger charge is 2.25. The molecule has 26 heavy (non-hydrogen) atoms. The number of hydrazone groups is 1. The van der Waals surface area contributed by atoms with E-state index in [1.54, 1.807) is 36.4 Å². The van der Waals surface area contributed by atoms with Gasteiger partial charge in [0.15, 0.2) is 9.84 Å². The average molecular weight is 371 g/mol. The second kappa shape index (κ2) is 7.09. The van der Waals surface area contributed by atoms with Gasteiger partial charge in [0.2, 0.25) is 5.91 Å². The molecule has 3 rings (SSSR count). The van der Waals surface area contributed by atoms with Gasteiger partial charge in [-0.3, -0.25) is 9.59 Å². The third kappa shape index (κ3) is 3.97. The Balaban J connectivity index is 1.83. The molecule has 0 saturated carbocycles. The number of nitrogens with one attached hydrogen (secondary N) is 1. The largest absolute Gasteiger partial charge is 0.321 e. The normalized spacial score (nSPS) is 14.7. The number of benzene rings is 2. The van der Waals surface area contributed by atoms with E-state index in [9.17, 15) is 18.0 Å². The lowest BCUT2D eigenvalue weighted by atomic mass is 10.1. The van der Waals surface area contributed by atoms with Crippen molar-refractivity contribution in [3.05, 3.63) is 54.6 Å². The molecule has 1 aliphatic heterocycles. The lowest BCUT2D eigenvalue weighted by Gasteiger charge is -2.23. The molecular formula is C18H17N3O4S. The fraction of sp³-hybridized carbons (Fsp3) is 0.167. The molecule has 2 aromatic carbocycles. The van der Waals surface area contributed by atoms with Crippen LogP contribution in [0.4, 0.5) is 11.4 Å². The summed E-state index contributed by atoms with van der Waals surface area (Å²) < 4.78 is 23.3. The lowest BCUT2D eigenvalue weighted by molar-refractivity contribution is -0.118. The zero-order valence-electron chi connectivity index (χ0n) is 14.0. The zero-order valence-corrected chi connectivity index (χ0v) is 14.9. The summed E-state index contributed by atoms with van der Waals surface area (Å²) >= 11 is 0. The number of carbonyl (C=O) groups excluding carboxylic acids is 2. The van der Waals surface area contributed by atoms with Crippen LogP contribution < -0.4 is 10.3 Å². The molecule has 0 radical (unpaired) electrons. The SMILES string of the molecule is CS(=O)(=O)c1cccc(NC(=O)C2=NN(c3ccccc3)C(=O)CC2)c1. The molecule has 1 N–H and O–H groups in total. The molecule has 0 bridgehead atoms. The molecule has 1 heterocycles. The van der Waals surface area contributed by atoms with Gasteiger partial charge in [0.25, 0.3) is 5.91 Å². The van der Waals surface area contributed by atoms with Crippen LogP contribution in [0.15, 0.2) is 64.6 Å². The Bertz CT molecular complexity index is 985. The van der Waals surface area contributed by atoms with Gasteiger partial charge in [0.05, 0.1) is 10.6 Å². The van der Waals surface area contributed by atoms with Crippen molar-refractivity contribution in [2.24, 2.45) is 5.10 Å². The Hall–Kier alpha value is -3.00. The highest BCUT2D eigenvalue weighted by atomic mass is 32.2. The minimum Gasteiger partial charge on any atom is -0.321 e. The van der Waals surface area contributed by atoms with Crippen LogP contribution in [-0.2, 0) is 19.4 Å². The Kier molecular flexibility index (Phi) is 4.85. The third-order valence-corrected chi connectivity index (χ3v) is 4.93. The van der Waals surface area contributed by atoms with Crippen LogP contribution in [0.25, 0.3) is 0 Å². The van der Waals surface area contributed by atoms with Crippen LogP contribution in [0.1, 0.15) is 12.8 Å². The van der Waals surface area contributed by atoms with E-state index < -0.39 is 15.7 Å². The van der Waals surface area contributed by atoms with Gasteiger partial charge in [-0.15, -0.1) is 0 Å². The summed E-state index contributed by atoms with van der Waals surface area (Å²) in [6.07, 6.45) is 1.49. The molecule has 0 aromatic heterocycles. The minimum absolute atomic E-state index is 0.113. The standard InChI is InChI=1S/C18H17N3O4S/c1-26(24,25)15-9-5-6-13(12-15)19-18(23)16-10-11-17(22)21(20-16)14-7-3-2-4-8-14/h2-9,12H,10-11H2,1H3,(H,19,23). The minimum atomic E-state index is -3.37. The summed E-state index contributed by atoms with van der Waals surface area (Å²) in [7, 11) is -3.37. The molecular weight excluding hydrogens is 354 g/mol. The maximum atomic E-state index is 12.5. The number of hydrogen-bond donors (Lipinski definition) is 1. The average Bonchev–Trinajstić information content (AvgIpc) is 2.62. The predicted molar refractivity (Wildman–Crippen MR) is 98.8 cm³/mol. The van der Waals surface area contributed by atoms with Crippen molar-refractivity contribution in [2.75, 3.05) is 16.6 Å². The Morgan fingerprint density at radius 2 is 1.81 bits per heavy atom. The highest BCUT2D eigenvalue weighted by molar-refractivity contribution is 7.90. The van der Waals surface area contributed by atoms with Gasteiger partial charge in [-0.1, -0.05) is 24.3 Å². The highest BCUT2D eigenvalue weighted by Crippen LogP contribution is 2.21. The molecule has 0 saturated heterocycles. The molecule has 0 spiro atoms. The van der Waals surface area contributed by atoms with Gasteiger partial charge in [0.1, 0.15) is 5.71 Å². The first-order valence-corrected chi connectivity index (χ1v) is 9.81. The van der Waals surface area contributed by atoms with Gasteiger partial charge in [-0.25, -0.2) is 13.4 Å². The third-order valence-electron chi connectivity index (χ3n) is 3.82. The Labute approximate surface area is 151 Å². The fourth-order valence-electron chi connectivity index (χ4n) is 2.50. The van der Waals surface area contributed by atoms with Crippen LogP contribution in [-0.4, -0.2) is 32.2 Å². The molecule has 2 amide bonds. The van der Waals surface area contributed by atoms with E-state index in [1.807, 2.05) is 6.07 Å². The molecule has 134 valence electrons. The van der Waals surface area contributed by atoms with Crippen LogP contribution in [0.5, 0.6) is 0 Å². The number of hydrogen-bond acceptors (Lipinski definition) is 5. The second-order valence-corrected chi connectivity index (χ2v) is 7.86. The summed E-state index contributed by atoms with van der Waals surface area (Å²) in [5.74, 6) is -0.657. The van der Waals surface area contributed by atoms with Gasteiger partial charge in [-0.05, 0) is 30.3 Å². The smallest absolute Gasteiger partial charge is 0.271 e. The molecule has 0 fully saturated rings. The maximum absolute atomic E-state index is 12.5. The first kappa shape index (κ1) is 17.8. The first-order valence-electron chi connectivity index (χ1n) is 7.91. The zero-order chi connectivity index (χ0) is 18.7. The number of anilines is 2. The van der Waals surface area contributed by atoms with Crippen molar-refractivity contribution >= 4 is 38.7 Å². The maximum Gasteiger partial charge on any atom is 0.271 e. The van der Waals surface area contributed by atoms with E-state index in [2.05, 4.69) is 10.4 Å². The van der Waals surface area contributed by atoms with Gasteiger partial charge in [0, 0.05) is 24.8 Å². The van der Waals surface area contributed by atoms with Crippen molar-refractivity contribution in [3.63, 3.8) is 0 Å². The number of carbonyl (C=O) groups is 2. The van der Waals surface area contributed by atoms with E-state index in [0.717, 1.165) is 6.26 Å². The first-order chi connectivity index (χ1) is 12.3. The number of para-hydroxylation sites is 1. The topological polar surface area (TPSA) is 95.9 Å². The molecule has 1 aliphatic rings. The molecule has 0 atom stereocenters. The predicted octanol–water partition coefficient (Wildman–Crippen LogP) is 2.21. The van der Waals surface area contributed by atoms with Crippen molar-refractivity contribution in [1.82, 2.24) is 0 Å². The van der Waals surface area contributed by atoms with Crippen LogP contribution >= 0.6 is 0 Å². The van der Waals surface area contributed by atoms with Crippen molar-refractivity contribution in [3.8, 4) is 0 Å². The second-order valence-electron chi connectivity index (χ2n) is 5.84. The van der Waals surface area contributed by atoms with Crippen molar-refractivity contribution in [1.29, 1.82) is 0 Å². The van der Waals surface area contributed by atoms with Gasteiger partial charge >= 0.3 is 0 Å². The molecule has 0 aliphatic carbocycles. The molecule has 0 unspecified atom stereocenters. The van der Waals surface area contributed by atoms with E-state index >= 15 is 0 Å². The number of nitrogens with zero attached hydrogens (tertiary/aromatic N) is 2. The summed E-state index contributed by atoms with van der Waals surface area (Å²) in [5, 5.41) is 8.02. The van der Waals surface area contributed by atoms with Crippen LogP contribution in [0, 0.1) is 0 Å². The van der Waals surface area contributed by atoms with E-state index in [4.69, 9.17) is 0 Å². The summed E-state index contributed by atoms with van der Waals surface area (Å²) in [4.78, 5) is 24.7. The van der Waals surface area contributed by atoms with E-state index in [-0.39, 0.29) is 29.4 Å². The van der Waals surface area contributed by atoms with E-state index in [1.165, 1.54) is 17.1 Å². The fourth-order valence-corrected chi connectivity index (χ4v) is 3.16. The Morgan fingerprint density at radius 1 is 1.08 bits per heavy atom. The quantitative estimate of drug-likeness (QED) is 0.891. The summed E-state index contributed by atoms with van der Waals surface area (Å²) in [6, 6.07) is 14.8. The van der Waals surface area contributed by atoms with Crippen LogP contribution in [0.3, 0.4) is 0 Å². The van der Waals surface area contributed by atoms with Gasteiger partial charge < -0.3 is 5.32 Å². The lowest BCUT2D eigenvalue weighted by Crippen LogP contribution is -2.36. The Morgan fingerprint density at radius 3 is 2.50 bits per heavy atom. The van der Waals surface area contributed by atoms with Crippen molar-refractivity contribution in [2.45, 2.75) is 17.7 Å². The monoisotopic (exact) mass is 371 g/mol. The van der Waals surface area contributed by atoms with Gasteiger partial charge in [-0.2, -0.15) is 5.10 Å². The van der Waals surface area contributed by atoms with E-state index in [0.29, 0.717) is 11.4 Å². The van der Waals surface area contributed by atoms with Crippen molar-refractivity contribution < 1.29 is 18.0 Å². The van der Waals surface area contributed by atoms with Crippen LogP contribution in [0.2, 0.25) is 0 Å². The number of amides is 2. The summed E-state index contributed by atoms with van der Waals surface area (Å²) in [5.41, 5.74) is 1.14. The summed E-state index contributed by atoms with van der Waals surface area (Å²) in [6.45, 7) is 0. The molecule has 2 aromatic rings. The molecule has 8 heteroatoms. The molecule has 7 nitrogen and oxygen atoms in total. The number of sulfone groups is 1. The number of rotatable bonds is 4.